The number of hydrogen-bond donors (Lipinski definition) is 0. The first-order chi connectivity index (χ1) is 14.0. The molecule has 160 valence electrons. The van der Waals surface area contributed by atoms with E-state index in [0.717, 1.165) is 69.0 Å². The molecule has 1 aromatic carbocycles. The molecule has 2 aliphatic heterocycles. The fourth-order valence-electron chi connectivity index (χ4n) is 4.32. The highest BCUT2D eigenvalue weighted by atomic mass is 16.5. The number of amides is 1. The number of likely N-dealkylation sites (tertiary alicyclic amines) is 1. The number of Topliss-reactive ketones (excluding diaryl/α,β-unsaturated/α-hetero) is 1. The Bertz CT molecular complexity index is 713. The van der Waals surface area contributed by atoms with Gasteiger partial charge in [-0.25, -0.2) is 0 Å². The van der Waals surface area contributed by atoms with Gasteiger partial charge in [-0.05, 0) is 58.2 Å². The normalized spacial score (nSPS) is 21.2. The summed E-state index contributed by atoms with van der Waals surface area (Å²) in [4.78, 5) is 31.2. The lowest BCUT2D eigenvalue weighted by atomic mass is 10.0. The average molecular weight is 402 g/mol. The summed E-state index contributed by atoms with van der Waals surface area (Å²) in [6, 6.07) is 6.08. The van der Waals surface area contributed by atoms with E-state index in [1.54, 1.807) is 6.92 Å². The number of nitrogens with zero attached hydrogens (tertiary/aromatic N) is 3. The van der Waals surface area contributed by atoms with Gasteiger partial charge in [0.1, 0.15) is 5.75 Å². The summed E-state index contributed by atoms with van der Waals surface area (Å²) < 4.78 is 5.77. The number of rotatable bonds is 7. The standard InChI is InChI=1S/C23H35N3O3/c1-4-29-22-9-8-20(19(3)27)15-21(22)16-24-11-13-25(14-12-24)17-23(28)26-10-6-5-7-18(26)2/h8-9,15,18H,4-7,10-14,16-17H2,1-3H3. The van der Waals surface area contributed by atoms with Gasteiger partial charge in [-0.1, -0.05) is 0 Å². The molecule has 0 bridgehead atoms. The molecule has 0 spiro atoms. The Morgan fingerprint density at radius 2 is 1.79 bits per heavy atom. The molecule has 0 aromatic heterocycles. The van der Waals surface area contributed by atoms with Crippen LogP contribution >= 0.6 is 0 Å². The Balaban J connectivity index is 1.54. The monoisotopic (exact) mass is 401 g/mol. The van der Waals surface area contributed by atoms with E-state index in [9.17, 15) is 9.59 Å². The Hall–Kier alpha value is -1.92. The number of ether oxygens (including phenoxy) is 1. The number of carbonyl (C=O) groups is 2. The van der Waals surface area contributed by atoms with Crippen LogP contribution in [0.15, 0.2) is 18.2 Å². The van der Waals surface area contributed by atoms with Crippen LogP contribution < -0.4 is 4.74 Å². The van der Waals surface area contributed by atoms with Crippen molar-refractivity contribution in [2.75, 3.05) is 45.9 Å². The van der Waals surface area contributed by atoms with E-state index in [-0.39, 0.29) is 11.7 Å². The first kappa shape index (κ1) is 21.8. The zero-order valence-electron chi connectivity index (χ0n) is 18.2. The van der Waals surface area contributed by atoms with E-state index in [2.05, 4.69) is 21.6 Å². The summed E-state index contributed by atoms with van der Waals surface area (Å²) in [6.45, 7) is 12.2. The van der Waals surface area contributed by atoms with E-state index >= 15 is 0 Å². The summed E-state index contributed by atoms with van der Waals surface area (Å²) in [5, 5.41) is 0. The number of piperazine rings is 1. The van der Waals surface area contributed by atoms with Crippen molar-refractivity contribution in [3.8, 4) is 5.75 Å². The molecule has 6 heteroatoms. The van der Waals surface area contributed by atoms with Gasteiger partial charge in [0.2, 0.25) is 5.91 Å². The Morgan fingerprint density at radius 1 is 1.07 bits per heavy atom. The van der Waals surface area contributed by atoms with Crippen LogP contribution in [-0.2, 0) is 11.3 Å². The van der Waals surface area contributed by atoms with Gasteiger partial charge >= 0.3 is 0 Å². The lowest BCUT2D eigenvalue weighted by molar-refractivity contribution is -0.136. The zero-order chi connectivity index (χ0) is 20.8. The van der Waals surface area contributed by atoms with Gasteiger partial charge in [-0.15, -0.1) is 0 Å². The first-order valence-electron chi connectivity index (χ1n) is 11.0. The largest absolute Gasteiger partial charge is 0.494 e. The van der Waals surface area contributed by atoms with E-state index < -0.39 is 0 Å². The van der Waals surface area contributed by atoms with Crippen molar-refractivity contribution in [2.45, 2.75) is 52.6 Å². The molecule has 3 rings (SSSR count). The van der Waals surface area contributed by atoms with Crippen molar-refractivity contribution < 1.29 is 14.3 Å². The fourth-order valence-corrected chi connectivity index (χ4v) is 4.32. The predicted molar refractivity (Wildman–Crippen MR) is 114 cm³/mol. The van der Waals surface area contributed by atoms with Gasteiger partial charge in [0, 0.05) is 56.4 Å². The minimum atomic E-state index is 0.0737. The summed E-state index contributed by atoms with van der Waals surface area (Å²) in [7, 11) is 0. The third-order valence-electron chi connectivity index (χ3n) is 6.11. The molecule has 1 unspecified atom stereocenters. The molecule has 29 heavy (non-hydrogen) atoms. The Kier molecular flexibility index (Phi) is 7.67. The van der Waals surface area contributed by atoms with Crippen molar-refractivity contribution in [1.82, 2.24) is 14.7 Å². The molecule has 2 fully saturated rings. The van der Waals surface area contributed by atoms with Crippen LogP contribution in [0.3, 0.4) is 0 Å². The van der Waals surface area contributed by atoms with Crippen molar-refractivity contribution in [1.29, 1.82) is 0 Å². The minimum Gasteiger partial charge on any atom is -0.494 e. The summed E-state index contributed by atoms with van der Waals surface area (Å²) in [5.41, 5.74) is 1.79. The summed E-state index contributed by atoms with van der Waals surface area (Å²) in [5.74, 6) is 1.21. The van der Waals surface area contributed by atoms with Gasteiger partial charge in [0.05, 0.1) is 13.2 Å². The molecule has 2 aliphatic rings. The van der Waals surface area contributed by atoms with Gasteiger partial charge in [-0.2, -0.15) is 0 Å². The predicted octanol–water partition coefficient (Wildman–Crippen LogP) is 2.81. The maximum Gasteiger partial charge on any atom is 0.236 e. The van der Waals surface area contributed by atoms with Gasteiger partial charge < -0.3 is 9.64 Å². The van der Waals surface area contributed by atoms with Crippen molar-refractivity contribution in [3.05, 3.63) is 29.3 Å². The molecule has 1 atom stereocenters. The highest BCUT2D eigenvalue weighted by Crippen LogP contribution is 2.23. The maximum atomic E-state index is 12.7. The van der Waals surface area contributed by atoms with Crippen LogP contribution in [0.2, 0.25) is 0 Å². The number of ketones is 1. The minimum absolute atomic E-state index is 0.0737. The smallest absolute Gasteiger partial charge is 0.236 e. The second-order valence-corrected chi connectivity index (χ2v) is 8.30. The highest BCUT2D eigenvalue weighted by Gasteiger charge is 2.26. The first-order valence-corrected chi connectivity index (χ1v) is 11.0. The van der Waals surface area contributed by atoms with E-state index in [4.69, 9.17) is 4.74 Å². The molecule has 0 saturated carbocycles. The van der Waals surface area contributed by atoms with Gasteiger partial charge in [0.15, 0.2) is 5.78 Å². The Morgan fingerprint density at radius 3 is 2.45 bits per heavy atom. The zero-order valence-corrected chi connectivity index (χ0v) is 18.2. The second-order valence-electron chi connectivity index (χ2n) is 8.30. The molecule has 0 aliphatic carbocycles. The lowest BCUT2D eigenvalue weighted by Gasteiger charge is -2.38. The van der Waals surface area contributed by atoms with Gasteiger partial charge in [0.25, 0.3) is 0 Å². The Labute approximate surface area is 174 Å². The van der Waals surface area contributed by atoms with Crippen LogP contribution in [0.1, 0.15) is 56.0 Å². The van der Waals surface area contributed by atoms with Crippen LogP contribution in [0.4, 0.5) is 0 Å². The third kappa shape index (κ3) is 5.80. The van der Waals surface area contributed by atoms with E-state index in [1.807, 2.05) is 25.1 Å². The highest BCUT2D eigenvalue weighted by molar-refractivity contribution is 5.94. The van der Waals surface area contributed by atoms with Crippen LogP contribution in [0, 0.1) is 0 Å². The summed E-state index contributed by atoms with van der Waals surface area (Å²) >= 11 is 0. The molecule has 1 aromatic rings. The van der Waals surface area contributed by atoms with Gasteiger partial charge in [-0.3, -0.25) is 19.4 Å². The fraction of sp³-hybridized carbons (Fsp3) is 0.652. The quantitative estimate of drug-likeness (QED) is 0.658. The SMILES string of the molecule is CCOc1ccc(C(C)=O)cc1CN1CCN(CC(=O)N2CCCCC2C)CC1. The average Bonchev–Trinajstić information content (AvgIpc) is 2.71. The molecule has 2 heterocycles. The number of hydrogen-bond acceptors (Lipinski definition) is 5. The maximum absolute atomic E-state index is 12.7. The number of piperidine rings is 1. The molecule has 6 nitrogen and oxygen atoms in total. The van der Waals surface area contributed by atoms with E-state index in [0.29, 0.717) is 19.2 Å². The molecular formula is C23H35N3O3. The molecule has 1 amide bonds. The molecular weight excluding hydrogens is 366 g/mol. The van der Waals surface area contributed by atoms with Crippen LogP contribution in [0.25, 0.3) is 0 Å². The van der Waals surface area contributed by atoms with Crippen LogP contribution in [-0.4, -0.2) is 78.3 Å². The van der Waals surface area contributed by atoms with Crippen molar-refractivity contribution in [2.24, 2.45) is 0 Å². The van der Waals surface area contributed by atoms with Crippen molar-refractivity contribution in [3.63, 3.8) is 0 Å². The lowest BCUT2D eigenvalue weighted by Crippen LogP contribution is -2.51. The molecule has 0 N–H and O–H groups in total. The molecule has 2 saturated heterocycles. The molecule has 0 radical (unpaired) electrons. The number of benzene rings is 1. The van der Waals surface area contributed by atoms with E-state index in [1.165, 1.54) is 6.42 Å². The topological polar surface area (TPSA) is 53.1 Å². The second kappa shape index (κ2) is 10.2. The third-order valence-corrected chi connectivity index (χ3v) is 6.11. The summed E-state index contributed by atoms with van der Waals surface area (Å²) in [6.07, 6.45) is 3.49. The number of carbonyl (C=O) groups excluding carboxylic acids is 2. The van der Waals surface area contributed by atoms with Crippen LogP contribution in [0.5, 0.6) is 5.75 Å². The van der Waals surface area contributed by atoms with Crippen molar-refractivity contribution >= 4 is 11.7 Å².